The molecule has 6 amide bonds. The Labute approximate surface area is 403 Å². The summed E-state index contributed by atoms with van der Waals surface area (Å²) in [6.07, 6.45) is 9.24. The summed E-state index contributed by atoms with van der Waals surface area (Å²) in [5.41, 5.74) is 2.35. The van der Waals surface area contributed by atoms with Crippen LogP contribution < -0.4 is 10.6 Å². The molecule has 2 saturated heterocycles. The number of hydrogen-bond donors (Lipinski definition) is 2. The van der Waals surface area contributed by atoms with Gasteiger partial charge < -0.3 is 30.2 Å². The molecular formula is C46H48ClFN8O6S4. The van der Waals surface area contributed by atoms with Gasteiger partial charge in [-0.2, -0.15) is 0 Å². The minimum atomic E-state index is -0.541. The number of aromatic nitrogens is 2. The van der Waals surface area contributed by atoms with Gasteiger partial charge >= 0.3 is 0 Å². The Hall–Kier alpha value is -5.08. The van der Waals surface area contributed by atoms with Crippen molar-refractivity contribution in [3.63, 3.8) is 0 Å². The van der Waals surface area contributed by atoms with Crippen LogP contribution in [0.2, 0.25) is 5.02 Å². The average Bonchev–Trinajstić information content (AvgIpc) is 4.23. The highest BCUT2D eigenvalue weighted by molar-refractivity contribution is 8.01. The molecule has 4 aromatic rings. The first-order valence-electron chi connectivity index (χ1n) is 21.6. The van der Waals surface area contributed by atoms with Gasteiger partial charge in [-0.05, 0) is 101 Å². The van der Waals surface area contributed by atoms with E-state index in [0.29, 0.717) is 66.4 Å². The fourth-order valence-electron chi connectivity index (χ4n) is 7.79. The van der Waals surface area contributed by atoms with E-state index in [1.165, 1.54) is 47.4 Å². The molecule has 2 atom stereocenters. The highest BCUT2D eigenvalue weighted by Crippen LogP contribution is 2.42. The second-order valence-electron chi connectivity index (χ2n) is 16.9. The number of aryl methyl sites for hydroxylation is 2. The van der Waals surface area contributed by atoms with Crippen molar-refractivity contribution in [1.29, 1.82) is 0 Å². The molecule has 20 heteroatoms. The molecule has 66 heavy (non-hydrogen) atoms. The zero-order chi connectivity index (χ0) is 47.0. The number of amides is 6. The first-order valence-corrected chi connectivity index (χ1v) is 25.3. The van der Waals surface area contributed by atoms with Crippen molar-refractivity contribution in [2.45, 2.75) is 83.7 Å². The van der Waals surface area contributed by atoms with Crippen molar-refractivity contribution in [3.8, 4) is 0 Å². The number of carbonyl (C=O) groups is 6. The zero-order valence-electron chi connectivity index (χ0n) is 36.7. The van der Waals surface area contributed by atoms with Crippen LogP contribution in [0.15, 0.2) is 67.4 Å². The molecule has 0 radical (unpaired) electrons. The van der Waals surface area contributed by atoms with Gasteiger partial charge in [0.1, 0.15) is 5.82 Å². The summed E-state index contributed by atoms with van der Waals surface area (Å²) < 4.78 is 17.0. The third-order valence-corrected chi connectivity index (χ3v) is 16.6. The van der Waals surface area contributed by atoms with E-state index in [4.69, 9.17) is 11.6 Å². The van der Waals surface area contributed by atoms with E-state index in [0.717, 1.165) is 58.6 Å². The fourth-order valence-corrected chi connectivity index (χ4v) is 12.1. The summed E-state index contributed by atoms with van der Waals surface area (Å²) in [6, 6.07) is 5.81. The second-order valence-corrected chi connectivity index (χ2v) is 22.0. The number of carbonyl (C=O) groups excluding carboxylic acids is 6. The minimum Gasteiger partial charge on any atom is -0.335 e. The maximum absolute atomic E-state index is 15.7. The molecule has 2 aliphatic carbocycles. The number of halogens is 2. The highest BCUT2D eigenvalue weighted by Gasteiger charge is 2.34. The molecule has 4 heterocycles. The Morgan fingerprint density at radius 2 is 1.33 bits per heavy atom. The number of rotatable bonds is 13. The molecule has 2 aromatic carbocycles. The van der Waals surface area contributed by atoms with Gasteiger partial charge in [0.05, 0.1) is 25.3 Å². The maximum Gasteiger partial charge on any atom is 0.254 e. The molecule has 8 rings (SSSR count). The van der Waals surface area contributed by atoms with Crippen LogP contribution in [0.1, 0.15) is 77.1 Å². The van der Waals surface area contributed by atoms with Crippen LogP contribution in [0.5, 0.6) is 0 Å². The molecule has 2 aromatic heterocycles. The topological polar surface area (TPSA) is 165 Å². The van der Waals surface area contributed by atoms with Crippen LogP contribution in [0, 0.1) is 31.5 Å². The van der Waals surface area contributed by atoms with Crippen molar-refractivity contribution in [1.82, 2.24) is 29.6 Å². The summed E-state index contributed by atoms with van der Waals surface area (Å²) in [6.45, 7) is 12.6. The minimum absolute atomic E-state index is 0.0224. The molecule has 0 unspecified atom stereocenters. The lowest BCUT2D eigenvalue weighted by Crippen LogP contribution is -2.55. The summed E-state index contributed by atoms with van der Waals surface area (Å²) in [5.74, 6) is -1.71. The van der Waals surface area contributed by atoms with Crippen LogP contribution in [-0.4, -0.2) is 116 Å². The number of anilines is 2. The monoisotopic (exact) mass is 990 g/mol. The molecule has 2 aliphatic heterocycles. The number of thiazole rings is 2. The average molecular weight is 992 g/mol. The molecular weight excluding hydrogens is 943 g/mol. The van der Waals surface area contributed by atoms with E-state index in [9.17, 15) is 28.8 Å². The molecule has 4 fully saturated rings. The Morgan fingerprint density at radius 1 is 0.773 bits per heavy atom. The number of hydrogen-bond acceptors (Lipinski definition) is 12. The van der Waals surface area contributed by atoms with Crippen molar-refractivity contribution in [2.24, 2.45) is 11.8 Å². The molecule has 346 valence electrons. The first kappa shape index (κ1) is 47.4. The Kier molecular flexibility index (Phi) is 14.4. The van der Waals surface area contributed by atoms with E-state index in [-0.39, 0.29) is 83.9 Å². The van der Waals surface area contributed by atoms with Crippen LogP contribution >= 0.6 is 57.8 Å². The third kappa shape index (κ3) is 10.9. The Morgan fingerprint density at radius 3 is 1.91 bits per heavy atom. The molecule has 4 aliphatic rings. The summed E-state index contributed by atoms with van der Waals surface area (Å²) in [7, 11) is 0. The largest absolute Gasteiger partial charge is 0.335 e. The second kappa shape index (κ2) is 20.0. The van der Waals surface area contributed by atoms with E-state index in [1.54, 1.807) is 50.9 Å². The lowest BCUT2D eigenvalue weighted by Gasteiger charge is -2.39. The van der Waals surface area contributed by atoms with Gasteiger partial charge in [-0.15, -0.1) is 0 Å². The Balaban J connectivity index is 0.942. The van der Waals surface area contributed by atoms with Gasteiger partial charge in [0.25, 0.3) is 11.8 Å². The smallest absolute Gasteiger partial charge is 0.254 e. The van der Waals surface area contributed by atoms with E-state index >= 15 is 4.39 Å². The normalized spacial score (nSPS) is 18.7. The van der Waals surface area contributed by atoms with Gasteiger partial charge in [-0.1, -0.05) is 64.4 Å². The van der Waals surface area contributed by atoms with E-state index < -0.39 is 5.82 Å². The molecule has 0 bridgehead atoms. The van der Waals surface area contributed by atoms with Crippen LogP contribution in [0.25, 0.3) is 6.08 Å². The van der Waals surface area contributed by atoms with Gasteiger partial charge in [-0.3, -0.25) is 28.8 Å². The fraction of sp³-hybridized carbons (Fsp3) is 0.391. The standard InChI is InChI=1S/C46H48ClFN8O6S4/c1-6-37(57)55-15-13-53(22-26(55)4)43(62)31-20-36(33(48)18-25(31)3)64-44-34(50-46(66-44)52-41(60)29-9-10-29)11-12-38(58)56-16-14-54(23-27(56)5)42(61)30-19-35(32(47)17-24(30)2)63-39-21-49-45(65-39)51-40(59)28-7-8-28/h6,11-12,17-21,26-29H,1,7-10,13-16,22-23H2,2-5H3,(H,49,51,59)(H,50,52,60)/t26-,27-/m1/s1. The Bertz CT molecular complexity index is 2670. The lowest BCUT2D eigenvalue weighted by atomic mass is 10.1. The summed E-state index contributed by atoms with van der Waals surface area (Å²) in [4.78, 5) is 95.5. The zero-order valence-corrected chi connectivity index (χ0v) is 40.7. The molecule has 14 nitrogen and oxygen atoms in total. The maximum atomic E-state index is 15.7. The molecule has 0 spiro atoms. The number of piperazine rings is 2. The van der Waals surface area contributed by atoms with Gasteiger partial charge in [0.2, 0.25) is 23.6 Å². The predicted octanol–water partition coefficient (Wildman–Crippen LogP) is 8.25. The van der Waals surface area contributed by atoms with Crippen molar-refractivity contribution in [3.05, 3.63) is 88.0 Å². The number of nitrogens with one attached hydrogen (secondary N) is 2. The van der Waals surface area contributed by atoms with Crippen molar-refractivity contribution in [2.75, 3.05) is 49.9 Å². The number of benzene rings is 2. The van der Waals surface area contributed by atoms with Crippen LogP contribution in [0.4, 0.5) is 14.7 Å². The van der Waals surface area contributed by atoms with Gasteiger partial charge in [0, 0.05) is 90.2 Å². The summed E-state index contributed by atoms with van der Waals surface area (Å²) in [5, 5.41) is 7.04. The quantitative estimate of drug-likeness (QED) is 0.125. The SMILES string of the molecule is C=CC(=O)N1CCN(C(=O)c2cc(Sc3sc(NC(=O)C4CC4)nc3C=CC(=O)N3CCN(C(=O)c4cc(Sc5cnc(NC(=O)C6CC6)s5)c(Cl)cc4C)C[C@H]3C)c(F)cc2C)C[C@H]1C. The molecule has 2 N–H and O–H groups in total. The van der Waals surface area contributed by atoms with Gasteiger partial charge in [0.15, 0.2) is 10.3 Å². The van der Waals surface area contributed by atoms with E-state index in [1.807, 2.05) is 20.8 Å². The highest BCUT2D eigenvalue weighted by atomic mass is 35.5. The summed E-state index contributed by atoms with van der Waals surface area (Å²) >= 11 is 11.6. The van der Waals surface area contributed by atoms with Crippen LogP contribution in [0.3, 0.4) is 0 Å². The van der Waals surface area contributed by atoms with Crippen molar-refractivity contribution >= 4 is 110 Å². The third-order valence-electron chi connectivity index (χ3n) is 11.8. The van der Waals surface area contributed by atoms with E-state index in [2.05, 4.69) is 27.2 Å². The lowest BCUT2D eigenvalue weighted by molar-refractivity contribution is -0.130. The van der Waals surface area contributed by atoms with Crippen molar-refractivity contribution < 1.29 is 33.2 Å². The first-order chi connectivity index (χ1) is 31.6. The molecule has 2 saturated carbocycles. The van der Waals surface area contributed by atoms with Crippen LogP contribution in [-0.2, 0) is 19.2 Å². The van der Waals surface area contributed by atoms with Gasteiger partial charge in [-0.25, -0.2) is 14.4 Å². The number of nitrogens with zero attached hydrogens (tertiary/aromatic N) is 6. The predicted molar refractivity (Wildman–Crippen MR) is 256 cm³/mol.